The molecule has 8 nitrogen and oxygen atoms in total. The van der Waals surface area contributed by atoms with Crippen molar-refractivity contribution in [1.82, 2.24) is 15.2 Å². The van der Waals surface area contributed by atoms with E-state index in [9.17, 15) is 14.6 Å². The zero-order valence-corrected chi connectivity index (χ0v) is 24.3. The number of halogens is 1. The Bertz CT molecular complexity index is 1410. The van der Waals surface area contributed by atoms with Gasteiger partial charge in [-0.2, -0.15) is 0 Å². The van der Waals surface area contributed by atoms with Crippen LogP contribution < -0.4 is 20.1 Å². The quantitative estimate of drug-likeness (QED) is 0.139. The zero-order valence-electron chi connectivity index (χ0n) is 24.3. The molecule has 4 N–H and O–H groups in total. The molecule has 228 valence electrons. The van der Waals surface area contributed by atoms with Crippen molar-refractivity contribution in [3.05, 3.63) is 107 Å². The number of ether oxygens (including phenoxy) is 3. The third-order valence-corrected chi connectivity index (χ3v) is 7.69. The van der Waals surface area contributed by atoms with E-state index in [1.54, 1.807) is 12.1 Å². The highest BCUT2D eigenvalue weighted by Crippen LogP contribution is 2.28. The molecule has 0 amide bonds. The Morgan fingerprint density at radius 1 is 0.860 bits per heavy atom. The van der Waals surface area contributed by atoms with E-state index in [1.165, 1.54) is 28.3 Å². The molecule has 2 heterocycles. The van der Waals surface area contributed by atoms with Gasteiger partial charge in [0.2, 0.25) is 0 Å². The first-order valence-electron chi connectivity index (χ1n) is 14.8. The molecule has 0 radical (unpaired) electrons. The number of nitrogens with one attached hydrogen (secondary N) is 2. The molecule has 0 saturated carbocycles. The van der Waals surface area contributed by atoms with Gasteiger partial charge in [-0.05, 0) is 54.4 Å². The lowest BCUT2D eigenvalue weighted by Gasteiger charge is -2.33. The predicted octanol–water partition coefficient (Wildman–Crippen LogP) is 5.34. The summed E-state index contributed by atoms with van der Waals surface area (Å²) >= 11 is 0. The summed E-state index contributed by atoms with van der Waals surface area (Å²) in [6.07, 6.45) is 1.77. The minimum atomic E-state index is -0.241. The summed E-state index contributed by atoms with van der Waals surface area (Å²) < 4.78 is 32.5. The molecule has 0 spiro atoms. The monoisotopic (exact) mass is 589 g/mol. The van der Waals surface area contributed by atoms with Crippen molar-refractivity contribution in [2.24, 2.45) is 0 Å². The summed E-state index contributed by atoms with van der Waals surface area (Å²) in [6.45, 7) is 4.54. The average Bonchev–Trinajstić information content (AvgIpc) is 3.35. The van der Waals surface area contributed by atoms with E-state index in [0.29, 0.717) is 44.4 Å². The molecular formula is C34H40FN3O5. The fraction of sp³-hybridized carbons (Fsp3) is 0.353. The number of piperidine rings is 1. The van der Waals surface area contributed by atoms with Gasteiger partial charge in [-0.3, -0.25) is 4.57 Å². The van der Waals surface area contributed by atoms with Crippen LogP contribution in [0.25, 0.3) is 0 Å². The van der Waals surface area contributed by atoms with Gasteiger partial charge in [-0.25, -0.2) is 4.39 Å². The Morgan fingerprint density at radius 2 is 1.65 bits per heavy atom. The van der Waals surface area contributed by atoms with Gasteiger partial charge in [0.1, 0.15) is 23.9 Å². The second-order valence-electron chi connectivity index (χ2n) is 10.7. The normalized spacial score (nSPS) is 16.7. The summed E-state index contributed by atoms with van der Waals surface area (Å²) in [5.74, 6) is 1.73. The Hall–Kier alpha value is -4.05. The van der Waals surface area contributed by atoms with Crippen molar-refractivity contribution in [3.8, 4) is 23.3 Å². The van der Waals surface area contributed by atoms with Crippen molar-refractivity contribution >= 4 is 0 Å². The van der Waals surface area contributed by atoms with Crippen LogP contribution in [0.4, 0.5) is 4.39 Å². The number of aromatic hydroxyl groups is 2. The molecule has 1 aliphatic rings. The molecule has 9 heteroatoms. The van der Waals surface area contributed by atoms with Crippen LogP contribution in [0.3, 0.4) is 0 Å². The Labute approximate surface area is 252 Å². The molecule has 1 saturated heterocycles. The topological polar surface area (TPSA) is 97.1 Å². The highest BCUT2D eigenvalue weighted by molar-refractivity contribution is 5.32. The van der Waals surface area contributed by atoms with E-state index >= 15 is 0 Å². The number of hydrogen-bond donors (Lipinski definition) is 4. The van der Waals surface area contributed by atoms with Gasteiger partial charge in [-0.15, -0.1) is 0 Å². The number of rotatable bonds is 15. The molecule has 2 atom stereocenters. The van der Waals surface area contributed by atoms with Gasteiger partial charge in [0.25, 0.3) is 0 Å². The highest BCUT2D eigenvalue weighted by atomic mass is 19.1. The van der Waals surface area contributed by atoms with Crippen LogP contribution in [0, 0.1) is 5.82 Å². The molecule has 43 heavy (non-hydrogen) atoms. The molecule has 3 aromatic carbocycles. The molecule has 2 unspecified atom stereocenters. The van der Waals surface area contributed by atoms with Crippen LogP contribution in [0.5, 0.6) is 23.3 Å². The maximum atomic E-state index is 13.7. The lowest BCUT2D eigenvalue weighted by molar-refractivity contribution is 0.105. The average molecular weight is 590 g/mol. The minimum Gasteiger partial charge on any atom is -0.494 e. The van der Waals surface area contributed by atoms with E-state index in [1.807, 2.05) is 36.4 Å². The fourth-order valence-electron chi connectivity index (χ4n) is 5.36. The van der Waals surface area contributed by atoms with Gasteiger partial charge in [-0.1, -0.05) is 42.5 Å². The van der Waals surface area contributed by atoms with Gasteiger partial charge >= 0.3 is 0 Å². The molecule has 0 bridgehead atoms. The number of nitrogens with zero attached hydrogens (tertiary/aromatic N) is 1. The Balaban J connectivity index is 1.05. The molecular weight excluding hydrogens is 549 g/mol. The zero-order chi connectivity index (χ0) is 29.9. The van der Waals surface area contributed by atoms with Gasteiger partial charge < -0.3 is 35.1 Å². The lowest BCUT2D eigenvalue weighted by atomic mass is 9.86. The summed E-state index contributed by atoms with van der Waals surface area (Å²) in [5.41, 5.74) is 2.97. The van der Waals surface area contributed by atoms with Gasteiger partial charge in [0.05, 0.1) is 26.4 Å². The van der Waals surface area contributed by atoms with Crippen LogP contribution in [-0.2, 0) is 24.4 Å². The molecule has 1 fully saturated rings. The third-order valence-electron chi connectivity index (χ3n) is 7.69. The van der Waals surface area contributed by atoms with E-state index in [-0.39, 0.29) is 30.2 Å². The van der Waals surface area contributed by atoms with Crippen molar-refractivity contribution in [2.45, 2.75) is 44.5 Å². The highest BCUT2D eigenvalue weighted by Gasteiger charge is 2.26. The second kappa shape index (κ2) is 15.4. The van der Waals surface area contributed by atoms with Gasteiger partial charge in [0.15, 0.2) is 11.8 Å². The Morgan fingerprint density at radius 3 is 2.47 bits per heavy atom. The van der Waals surface area contributed by atoms with Crippen LogP contribution in [0.15, 0.2) is 84.9 Å². The standard InChI is InChI=1S/C34H40FN3O5/c35-31-8-2-1-6-27(31)24-41-18-4-19-42-28-11-9-26(10-12-28)30-15-16-36-23-32(30)37-22-25-5-3-7-29(21-25)43-20-17-38-33(39)13-14-34(38)40/h1-3,5-14,21,30,32,36-37,39-40H,4,15-20,22-24H2. The number of hydrogen-bond acceptors (Lipinski definition) is 7. The summed E-state index contributed by atoms with van der Waals surface area (Å²) in [4.78, 5) is 0. The first-order chi connectivity index (χ1) is 21.1. The summed E-state index contributed by atoms with van der Waals surface area (Å²) in [5, 5.41) is 26.8. The maximum Gasteiger partial charge on any atom is 0.193 e. The molecule has 1 aliphatic heterocycles. The lowest BCUT2D eigenvalue weighted by Crippen LogP contribution is -2.47. The van der Waals surface area contributed by atoms with Crippen molar-refractivity contribution in [1.29, 1.82) is 0 Å². The first kappa shape index (κ1) is 30.4. The molecule has 1 aromatic heterocycles. The number of benzene rings is 3. The largest absolute Gasteiger partial charge is 0.494 e. The van der Waals surface area contributed by atoms with Crippen LogP contribution in [0.2, 0.25) is 0 Å². The smallest absolute Gasteiger partial charge is 0.193 e. The SMILES string of the molecule is Oc1ccc(O)n1CCOc1cccc(CNC2CNCCC2c2ccc(OCCCOCc3ccccc3F)cc2)c1. The van der Waals surface area contributed by atoms with Crippen molar-refractivity contribution in [2.75, 3.05) is 32.9 Å². The van der Waals surface area contributed by atoms with Crippen molar-refractivity contribution in [3.63, 3.8) is 0 Å². The third kappa shape index (κ3) is 8.73. The van der Waals surface area contributed by atoms with E-state index in [4.69, 9.17) is 14.2 Å². The Kier molecular flexibility index (Phi) is 10.9. The fourth-order valence-corrected chi connectivity index (χ4v) is 5.36. The summed E-state index contributed by atoms with van der Waals surface area (Å²) in [7, 11) is 0. The first-order valence-corrected chi connectivity index (χ1v) is 14.8. The number of aromatic nitrogens is 1. The van der Waals surface area contributed by atoms with E-state index < -0.39 is 0 Å². The predicted molar refractivity (Wildman–Crippen MR) is 163 cm³/mol. The summed E-state index contributed by atoms with van der Waals surface area (Å²) in [6, 6.07) is 26.2. The van der Waals surface area contributed by atoms with Crippen LogP contribution >= 0.6 is 0 Å². The van der Waals surface area contributed by atoms with Gasteiger partial charge in [0, 0.05) is 49.2 Å². The van der Waals surface area contributed by atoms with Crippen LogP contribution in [-0.4, -0.2) is 53.7 Å². The molecule has 5 rings (SSSR count). The van der Waals surface area contributed by atoms with Crippen LogP contribution in [0.1, 0.15) is 35.4 Å². The van der Waals surface area contributed by atoms with E-state index in [2.05, 4.69) is 28.8 Å². The molecule has 4 aromatic rings. The minimum absolute atomic E-state index is 0.0109. The van der Waals surface area contributed by atoms with Crippen molar-refractivity contribution < 1.29 is 28.8 Å². The maximum absolute atomic E-state index is 13.7. The van der Waals surface area contributed by atoms with E-state index in [0.717, 1.165) is 43.0 Å². The molecule has 0 aliphatic carbocycles. The second-order valence-corrected chi connectivity index (χ2v) is 10.7.